The Hall–Kier alpha value is -0.420. The van der Waals surface area contributed by atoms with Gasteiger partial charge in [0.15, 0.2) is 0 Å². The third kappa shape index (κ3) is 2.77. The van der Waals surface area contributed by atoms with Gasteiger partial charge >= 0.3 is 10.2 Å². The van der Waals surface area contributed by atoms with Crippen molar-refractivity contribution in [3.05, 3.63) is 34.3 Å². The van der Waals surface area contributed by atoms with Crippen molar-refractivity contribution < 1.29 is 12.3 Å². The van der Waals surface area contributed by atoms with Gasteiger partial charge in [-0.2, -0.15) is 8.42 Å². The maximum absolute atomic E-state index is 12.5. The van der Waals surface area contributed by atoms with E-state index in [0.29, 0.717) is 5.56 Å². The van der Waals surface area contributed by atoms with Gasteiger partial charge in [-0.3, -0.25) is 0 Å². The van der Waals surface area contributed by atoms with E-state index in [-0.39, 0.29) is 0 Å². The molecule has 5 heteroatoms. The van der Waals surface area contributed by atoms with Gasteiger partial charge in [0.05, 0.1) is 0 Å². The van der Waals surface area contributed by atoms with E-state index in [0.717, 1.165) is 4.47 Å². The van der Waals surface area contributed by atoms with Gasteiger partial charge in [0, 0.05) is 4.47 Å². The highest BCUT2D eigenvalue weighted by atomic mass is 79.9. The van der Waals surface area contributed by atoms with Crippen LogP contribution in [0.1, 0.15) is 17.7 Å². The highest BCUT2D eigenvalue weighted by molar-refractivity contribution is 9.10. The van der Waals surface area contributed by atoms with E-state index in [2.05, 4.69) is 15.9 Å². The summed E-state index contributed by atoms with van der Waals surface area (Å²) in [6.07, 6.45) is 0. The molecule has 0 N–H and O–H groups in total. The Bertz CT molecular complexity index is 385. The van der Waals surface area contributed by atoms with Crippen LogP contribution in [0.4, 0.5) is 3.89 Å². The zero-order valence-electron chi connectivity index (χ0n) is 6.87. The maximum atomic E-state index is 12.5. The molecule has 2 nitrogen and oxygen atoms in total. The molecule has 0 aliphatic carbocycles. The summed E-state index contributed by atoms with van der Waals surface area (Å²) < 4.78 is 34.4. The smallest absolute Gasteiger partial charge is 0.194 e. The van der Waals surface area contributed by atoms with Crippen LogP contribution in [-0.4, -0.2) is 8.42 Å². The first-order chi connectivity index (χ1) is 5.91. The fraction of sp³-hybridized carbons (Fsp3) is 0.250. The lowest BCUT2D eigenvalue weighted by Gasteiger charge is -2.06. The van der Waals surface area contributed by atoms with E-state index in [1.807, 2.05) is 0 Å². The first-order valence-electron chi connectivity index (χ1n) is 3.60. The van der Waals surface area contributed by atoms with Crippen LogP contribution in [-0.2, 0) is 10.2 Å². The highest BCUT2D eigenvalue weighted by Crippen LogP contribution is 2.24. The molecule has 0 aliphatic heterocycles. The van der Waals surface area contributed by atoms with Crippen molar-refractivity contribution in [2.45, 2.75) is 12.2 Å². The summed E-state index contributed by atoms with van der Waals surface area (Å²) in [6.45, 7) is 1.32. The monoisotopic (exact) mass is 266 g/mol. The minimum Gasteiger partial charge on any atom is -0.194 e. The third-order valence-electron chi connectivity index (χ3n) is 1.76. The Balaban J connectivity index is 3.04. The van der Waals surface area contributed by atoms with Gasteiger partial charge in [0.25, 0.3) is 0 Å². The average molecular weight is 267 g/mol. The van der Waals surface area contributed by atoms with Gasteiger partial charge < -0.3 is 0 Å². The molecule has 0 saturated heterocycles. The van der Waals surface area contributed by atoms with Crippen LogP contribution in [0.25, 0.3) is 0 Å². The Morgan fingerprint density at radius 3 is 2.15 bits per heavy atom. The lowest BCUT2D eigenvalue weighted by molar-refractivity contribution is 0.540. The molecule has 0 amide bonds. The molecule has 72 valence electrons. The van der Waals surface area contributed by atoms with Crippen molar-refractivity contribution in [2.75, 3.05) is 0 Å². The second-order valence-corrected chi connectivity index (χ2v) is 5.24. The van der Waals surface area contributed by atoms with Crippen LogP contribution in [0.3, 0.4) is 0 Å². The molecule has 1 aromatic carbocycles. The van der Waals surface area contributed by atoms with Gasteiger partial charge in [0.1, 0.15) is 5.25 Å². The molecule has 1 aromatic rings. The molecule has 1 atom stereocenters. The molecular weight excluding hydrogens is 259 g/mol. The van der Waals surface area contributed by atoms with E-state index in [9.17, 15) is 12.3 Å². The molecule has 1 unspecified atom stereocenters. The topological polar surface area (TPSA) is 34.1 Å². The summed E-state index contributed by atoms with van der Waals surface area (Å²) in [5.41, 5.74) is 0.450. The zero-order valence-corrected chi connectivity index (χ0v) is 9.27. The summed E-state index contributed by atoms with van der Waals surface area (Å²) in [7, 11) is -4.48. The van der Waals surface area contributed by atoms with Gasteiger partial charge in [-0.15, -0.1) is 3.89 Å². The molecule has 0 radical (unpaired) electrons. The summed E-state index contributed by atoms with van der Waals surface area (Å²) in [4.78, 5) is 0. The number of hydrogen-bond acceptors (Lipinski definition) is 2. The molecule has 0 saturated carbocycles. The van der Waals surface area contributed by atoms with Crippen LogP contribution >= 0.6 is 15.9 Å². The predicted octanol–water partition coefficient (Wildman–Crippen LogP) is 2.81. The van der Waals surface area contributed by atoms with Crippen LogP contribution in [0, 0.1) is 0 Å². The van der Waals surface area contributed by atoms with E-state index in [1.54, 1.807) is 24.3 Å². The maximum Gasteiger partial charge on any atom is 0.309 e. The molecule has 0 spiro atoms. The Morgan fingerprint density at radius 2 is 1.77 bits per heavy atom. The van der Waals surface area contributed by atoms with Gasteiger partial charge in [-0.1, -0.05) is 28.1 Å². The standard InChI is InChI=1S/C8H8BrFO2S/c1-6(13(10,11)12)7-2-4-8(9)5-3-7/h2-6H,1H3. The lowest BCUT2D eigenvalue weighted by atomic mass is 10.2. The Kier molecular flexibility index (Phi) is 3.08. The summed E-state index contributed by atoms with van der Waals surface area (Å²) in [5.74, 6) is 0. The molecular formula is C8H8BrFO2S. The third-order valence-corrected chi connectivity index (χ3v) is 3.41. The Labute approximate surface area is 85.1 Å². The normalized spacial score (nSPS) is 14.1. The predicted molar refractivity (Wildman–Crippen MR) is 52.6 cm³/mol. The van der Waals surface area contributed by atoms with Crippen LogP contribution in [0.2, 0.25) is 0 Å². The average Bonchev–Trinajstić information content (AvgIpc) is 2.03. The minimum absolute atomic E-state index is 0.450. The highest BCUT2D eigenvalue weighted by Gasteiger charge is 2.20. The SMILES string of the molecule is CC(c1ccc(Br)cc1)S(=O)(=O)F. The molecule has 0 fully saturated rings. The first kappa shape index (κ1) is 10.7. The second kappa shape index (κ2) is 3.75. The van der Waals surface area contributed by atoms with Crippen molar-refractivity contribution >= 4 is 26.2 Å². The molecule has 0 aromatic heterocycles. The molecule has 0 bridgehead atoms. The molecule has 1 rings (SSSR count). The van der Waals surface area contributed by atoms with Crippen molar-refractivity contribution in [3.8, 4) is 0 Å². The van der Waals surface area contributed by atoms with Crippen LogP contribution in [0.5, 0.6) is 0 Å². The number of halogens is 2. The van der Waals surface area contributed by atoms with Crippen molar-refractivity contribution in [3.63, 3.8) is 0 Å². The summed E-state index contributed by atoms with van der Waals surface area (Å²) in [5, 5.41) is -1.10. The van der Waals surface area contributed by atoms with Gasteiger partial charge in [0.2, 0.25) is 0 Å². The second-order valence-electron chi connectivity index (χ2n) is 2.67. The fourth-order valence-electron chi connectivity index (χ4n) is 0.896. The van der Waals surface area contributed by atoms with Crippen LogP contribution < -0.4 is 0 Å². The van der Waals surface area contributed by atoms with Crippen molar-refractivity contribution in [2.24, 2.45) is 0 Å². The summed E-state index contributed by atoms with van der Waals surface area (Å²) >= 11 is 3.20. The molecule has 13 heavy (non-hydrogen) atoms. The Morgan fingerprint density at radius 1 is 1.31 bits per heavy atom. The molecule has 0 heterocycles. The number of rotatable bonds is 2. The largest absolute Gasteiger partial charge is 0.309 e. The minimum atomic E-state index is -4.48. The molecule has 0 aliphatic rings. The summed E-state index contributed by atoms with van der Waals surface area (Å²) in [6, 6.07) is 6.51. The quantitative estimate of drug-likeness (QED) is 0.772. The van der Waals surface area contributed by atoms with E-state index >= 15 is 0 Å². The van der Waals surface area contributed by atoms with E-state index in [4.69, 9.17) is 0 Å². The van der Waals surface area contributed by atoms with Gasteiger partial charge in [-0.25, -0.2) is 0 Å². The van der Waals surface area contributed by atoms with Gasteiger partial charge in [-0.05, 0) is 24.6 Å². The number of benzene rings is 1. The lowest BCUT2D eigenvalue weighted by Crippen LogP contribution is -2.03. The van der Waals surface area contributed by atoms with Crippen molar-refractivity contribution in [1.29, 1.82) is 0 Å². The van der Waals surface area contributed by atoms with E-state index in [1.165, 1.54) is 6.92 Å². The van der Waals surface area contributed by atoms with E-state index < -0.39 is 15.5 Å². The van der Waals surface area contributed by atoms with Crippen LogP contribution in [0.15, 0.2) is 28.7 Å². The van der Waals surface area contributed by atoms with Crippen molar-refractivity contribution in [1.82, 2.24) is 0 Å². The zero-order chi connectivity index (χ0) is 10.1. The first-order valence-corrected chi connectivity index (χ1v) is 5.84. The fourth-order valence-corrected chi connectivity index (χ4v) is 1.64. The number of hydrogen-bond donors (Lipinski definition) is 0.